The molecule has 2 atom stereocenters. The number of amides is 2. The van der Waals surface area contributed by atoms with Gasteiger partial charge in [-0.15, -0.1) is 0 Å². The second kappa shape index (κ2) is 6.01. The van der Waals surface area contributed by atoms with Crippen molar-refractivity contribution in [1.29, 1.82) is 0 Å². The van der Waals surface area contributed by atoms with E-state index in [-0.39, 0.29) is 34.6 Å². The number of hydrogen-bond donors (Lipinski definition) is 1. The number of carbonyl (C=O) groups is 2. The van der Waals surface area contributed by atoms with Gasteiger partial charge in [-0.25, -0.2) is 4.90 Å². The van der Waals surface area contributed by atoms with Crippen molar-refractivity contribution in [1.82, 2.24) is 0 Å². The van der Waals surface area contributed by atoms with Crippen LogP contribution in [0.2, 0.25) is 0 Å². The van der Waals surface area contributed by atoms with Gasteiger partial charge in [-0.1, -0.05) is 48.5 Å². The van der Waals surface area contributed by atoms with Crippen molar-refractivity contribution in [3.63, 3.8) is 0 Å². The molecule has 0 spiro atoms. The molecule has 1 fully saturated rings. The highest BCUT2D eigenvalue weighted by Crippen LogP contribution is 2.61. The van der Waals surface area contributed by atoms with E-state index >= 15 is 0 Å². The van der Waals surface area contributed by atoms with Gasteiger partial charge in [0.2, 0.25) is 11.8 Å². The van der Waals surface area contributed by atoms with Gasteiger partial charge in [0, 0.05) is 11.8 Å². The van der Waals surface area contributed by atoms with Crippen LogP contribution >= 0.6 is 0 Å². The Labute approximate surface area is 172 Å². The Morgan fingerprint density at radius 1 is 0.700 bits per heavy atom. The van der Waals surface area contributed by atoms with Gasteiger partial charge in [-0.2, -0.15) is 0 Å². The first-order valence-electron chi connectivity index (χ1n) is 9.89. The Morgan fingerprint density at radius 3 is 1.47 bits per heavy atom. The average molecular weight is 397 g/mol. The van der Waals surface area contributed by atoms with Crippen molar-refractivity contribution in [2.24, 2.45) is 11.8 Å². The monoisotopic (exact) mass is 397 g/mol. The number of anilines is 2. The fraction of sp³-hybridized carbons (Fsp3) is 0.167. The predicted octanol–water partition coefficient (Wildman–Crippen LogP) is 3.78. The van der Waals surface area contributed by atoms with Crippen molar-refractivity contribution >= 4 is 23.2 Å². The lowest BCUT2D eigenvalue weighted by Gasteiger charge is -2.45. The first kappa shape index (κ1) is 17.4. The maximum Gasteiger partial charge on any atom is 0.238 e. The van der Waals surface area contributed by atoms with Crippen molar-refractivity contribution in [3.05, 3.63) is 100 Å². The van der Waals surface area contributed by atoms with E-state index in [1.54, 1.807) is 0 Å². The number of hydrogen-bond acceptors (Lipinski definition) is 5. The Kier molecular flexibility index (Phi) is 3.48. The van der Waals surface area contributed by atoms with Crippen LogP contribution in [0.5, 0.6) is 0 Å². The zero-order chi connectivity index (χ0) is 20.6. The van der Waals surface area contributed by atoms with Crippen LogP contribution in [0, 0.1) is 17.0 Å². The van der Waals surface area contributed by atoms with Crippen LogP contribution in [0.4, 0.5) is 11.4 Å². The van der Waals surface area contributed by atoms with Crippen molar-refractivity contribution in [2.45, 2.75) is 11.8 Å². The Hall–Kier alpha value is -3.48. The van der Waals surface area contributed by atoms with E-state index in [2.05, 4.69) is 24.3 Å². The lowest BCUT2D eigenvalue weighted by molar-refractivity contribution is -0.122. The molecule has 2 amide bonds. The van der Waals surface area contributed by atoms with Crippen LogP contribution in [-0.2, 0) is 9.59 Å². The van der Waals surface area contributed by atoms with E-state index in [0.29, 0.717) is 5.69 Å². The van der Waals surface area contributed by atoms with E-state index < -0.39 is 11.8 Å². The SMILES string of the molecule is O=C1[C@@H]2C3c4ccccc4C(c4ccccc43)[C@@H]2C(=O)N1c1ccc(N([O-])O)cc1. The molecular weight excluding hydrogens is 380 g/mol. The number of rotatable bonds is 2. The smallest absolute Gasteiger partial charge is 0.238 e. The predicted molar refractivity (Wildman–Crippen MR) is 110 cm³/mol. The maximum atomic E-state index is 13.6. The minimum Gasteiger partial charge on any atom is -0.733 e. The largest absolute Gasteiger partial charge is 0.733 e. The second-order valence-electron chi connectivity index (χ2n) is 8.07. The van der Waals surface area contributed by atoms with E-state index in [1.165, 1.54) is 29.2 Å². The quantitative estimate of drug-likeness (QED) is 0.526. The molecule has 1 saturated heterocycles. The second-order valence-corrected chi connectivity index (χ2v) is 8.07. The standard InChI is InChI=1S/C24H17N2O4/c27-23-21-19-15-5-1-2-6-16(15)20(18-8-4-3-7-17(18)19)22(21)24(28)25(23)13-9-11-14(12-10-13)26(29)30/h1-12,19-22,29H/q-1/t19?,20?,21-,22+. The van der Waals surface area contributed by atoms with E-state index in [4.69, 9.17) is 5.21 Å². The van der Waals surface area contributed by atoms with E-state index in [1.807, 2.05) is 24.3 Å². The molecule has 4 aliphatic rings. The van der Waals surface area contributed by atoms with Gasteiger partial charge in [0.25, 0.3) is 0 Å². The summed E-state index contributed by atoms with van der Waals surface area (Å²) in [6.45, 7) is 0. The van der Waals surface area contributed by atoms with Crippen molar-refractivity contribution in [3.8, 4) is 0 Å². The molecule has 3 aliphatic carbocycles. The third-order valence-corrected chi connectivity index (χ3v) is 6.78. The molecule has 6 nitrogen and oxygen atoms in total. The maximum absolute atomic E-state index is 13.6. The first-order chi connectivity index (χ1) is 14.6. The molecule has 0 aromatic heterocycles. The molecule has 148 valence electrons. The van der Waals surface area contributed by atoms with Crippen LogP contribution in [0.3, 0.4) is 0 Å². The summed E-state index contributed by atoms with van der Waals surface area (Å²) in [5.41, 5.74) is 4.96. The van der Waals surface area contributed by atoms with E-state index in [9.17, 15) is 14.8 Å². The molecule has 6 heteroatoms. The van der Waals surface area contributed by atoms with E-state index in [0.717, 1.165) is 22.3 Å². The summed E-state index contributed by atoms with van der Waals surface area (Å²) in [6, 6.07) is 22.0. The highest BCUT2D eigenvalue weighted by Gasteiger charge is 2.61. The molecule has 0 radical (unpaired) electrons. The van der Waals surface area contributed by atoms with Gasteiger partial charge in [0.15, 0.2) is 0 Å². The lowest BCUT2D eigenvalue weighted by Crippen LogP contribution is -2.41. The molecular formula is C24H17N2O4-. The number of carbonyl (C=O) groups excluding carboxylic acids is 2. The fourth-order valence-corrected chi connectivity index (χ4v) is 5.66. The number of nitrogens with zero attached hydrogens (tertiary/aromatic N) is 2. The third-order valence-electron chi connectivity index (χ3n) is 6.78. The summed E-state index contributed by atoms with van der Waals surface area (Å²) in [7, 11) is 0. The molecule has 0 unspecified atom stereocenters. The van der Waals surface area contributed by atoms with Crippen molar-refractivity contribution in [2.75, 3.05) is 10.1 Å². The fourth-order valence-electron chi connectivity index (χ4n) is 5.66. The zero-order valence-corrected chi connectivity index (χ0v) is 15.8. The highest BCUT2D eigenvalue weighted by atomic mass is 16.8. The van der Waals surface area contributed by atoms with Gasteiger partial charge in [-0.05, 0) is 46.5 Å². The Balaban J connectivity index is 1.50. The van der Waals surface area contributed by atoms with Gasteiger partial charge in [0.05, 0.1) is 23.2 Å². The minimum atomic E-state index is -0.444. The molecule has 1 aliphatic heterocycles. The number of imide groups is 1. The summed E-state index contributed by atoms with van der Waals surface area (Å²) < 4.78 is 0. The highest BCUT2D eigenvalue weighted by molar-refractivity contribution is 6.23. The van der Waals surface area contributed by atoms with Gasteiger partial charge >= 0.3 is 0 Å². The summed E-state index contributed by atoms with van der Waals surface area (Å²) in [6.07, 6.45) is 0. The van der Waals surface area contributed by atoms with Gasteiger partial charge < -0.3 is 10.4 Å². The summed E-state index contributed by atoms with van der Waals surface area (Å²) in [5.74, 6) is -1.61. The lowest BCUT2D eigenvalue weighted by atomic mass is 9.55. The Bertz CT molecular complexity index is 1090. The van der Waals surface area contributed by atoms with Gasteiger partial charge in [0.1, 0.15) is 0 Å². The number of benzene rings is 3. The summed E-state index contributed by atoms with van der Waals surface area (Å²) in [4.78, 5) is 28.4. The molecule has 1 N–H and O–H groups in total. The summed E-state index contributed by atoms with van der Waals surface area (Å²) >= 11 is 0. The van der Waals surface area contributed by atoms with Crippen LogP contribution < -0.4 is 10.1 Å². The zero-order valence-electron chi connectivity index (χ0n) is 15.8. The molecule has 7 rings (SSSR count). The van der Waals surface area contributed by atoms with Crippen LogP contribution in [-0.4, -0.2) is 17.0 Å². The Morgan fingerprint density at radius 2 is 1.10 bits per heavy atom. The normalized spacial score (nSPS) is 25.7. The van der Waals surface area contributed by atoms with Gasteiger partial charge in [-0.3, -0.25) is 14.8 Å². The van der Waals surface area contributed by atoms with Crippen molar-refractivity contribution < 1.29 is 14.8 Å². The molecule has 2 bridgehead atoms. The average Bonchev–Trinajstić information content (AvgIpc) is 3.04. The molecule has 1 heterocycles. The minimum absolute atomic E-state index is 0.0372. The van der Waals surface area contributed by atoms with Crippen LogP contribution in [0.15, 0.2) is 72.8 Å². The third kappa shape index (κ3) is 2.09. The van der Waals surface area contributed by atoms with Crippen LogP contribution in [0.1, 0.15) is 34.1 Å². The topological polar surface area (TPSA) is 83.9 Å². The first-order valence-corrected chi connectivity index (χ1v) is 9.89. The molecule has 30 heavy (non-hydrogen) atoms. The molecule has 3 aromatic rings. The summed E-state index contributed by atoms with van der Waals surface area (Å²) in [5, 5.41) is 19.9. The van der Waals surface area contributed by atoms with Crippen LogP contribution in [0.25, 0.3) is 0 Å². The molecule has 0 saturated carbocycles. The molecule has 3 aromatic carbocycles.